The van der Waals surface area contributed by atoms with Crippen molar-refractivity contribution in [1.82, 2.24) is 4.90 Å². The van der Waals surface area contributed by atoms with Crippen LogP contribution in [0.2, 0.25) is 0 Å². The van der Waals surface area contributed by atoms with E-state index in [9.17, 15) is 9.90 Å². The molecular formula is C15H27NO2. The molecule has 1 aliphatic heterocycles. The van der Waals surface area contributed by atoms with Gasteiger partial charge in [-0.25, -0.2) is 0 Å². The first kappa shape index (κ1) is 13.9. The Balaban J connectivity index is 1.83. The van der Waals surface area contributed by atoms with E-state index in [4.69, 9.17) is 0 Å². The number of rotatable bonds is 2. The average Bonchev–Trinajstić information content (AvgIpc) is 2.63. The molecule has 1 aliphatic carbocycles. The Labute approximate surface area is 111 Å². The average molecular weight is 253 g/mol. The third kappa shape index (κ3) is 3.47. The lowest BCUT2D eigenvalue weighted by atomic mass is 9.80. The molecule has 1 N–H and O–H groups in total. The number of hydrogen-bond acceptors (Lipinski definition) is 2. The van der Waals surface area contributed by atoms with Crippen LogP contribution in [0, 0.1) is 11.8 Å². The largest absolute Gasteiger partial charge is 0.393 e. The van der Waals surface area contributed by atoms with E-state index in [1.807, 2.05) is 4.90 Å². The minimum atomic E-state index is -0.196. The molecule has 3 heteroatoms. The van der Waals surface area contributed by atoms with E-state index in [1.165, 1.54) is 19.3 Å². The smallest absolute Gasteiger partial charge is 0.225 e. The van der Waals surface area contributed by atoms with E-state index < -0.39 is 0 Å². The fraction of sp³-hybridized carbons (Fsp3) is 0.933. The van der Waals surface area contributed by atoms with Crippen LogP contribution >= 0.6 is 0 Å². The Hall–Kier alpha value is -0.570. The van der Waals surface area contributed by atoms with E-state index in [0.717, 1.165) is 51.1 Å². The fourth-order valence-electron chi connectivity index (χ4n) is 3.38. The quantitative estimate of drug-likeness (QED) is 0.821. The van der Waals surface area contributed by atoms with Gasteiger partial charge < -0.3 is 10.0 Å². The van der Waals surface area contributed by atoms with Gasteiger partial charge in [0, 0.05) is 19.0 Å². The highest BCUT2D eigenvalue weighted by molar-refractivity contribution is 5.79. The molecule has 0 aromatic heterocycles. The number of aliphatic hydroxyl groups excluding tert-OH is 1. The minimum absolute atomic E-state index is 0.196. The molecule has 0 aromatic carbocycles. The van der Waals surface area contributed by atoms with Gasteiger partial charge in [0.15, 0.2) is 0 Å². The maximum atomic E-state index is 12.5. The maximum absolute atomic E-state index is 12.5. The van der Waals surface area contributed by atoms with Crippen LogP contribution in [0.5, 0.6) is 0 Å². The van der Waals surface area contributed by atoms with Crippen LogP contribution in [0.1, 0.15) is 58.3 Å². The number of carbonyl (C=O) groups is 1. The number of hydrogen-bond donors (Lipinski definition) is 1. The van der Waals surface area contributed by atoms with Gasteiger partial charge in [0.1, 0.15) is 0 Å². The summed E-state index contributed by atoms with van der Waals surface area (Å²) < 4.78 is 0. The van der Waals surface area contributed by atoms with Gasteiger partial charge in [0.2, 0.25) is 5.91 Å². The first-order chi connectivity index (χ1) is 8.70. The summed E-state index contributed by atoms with van der Waals surface area (Å²) >= 11 is 0. The van der Waals surface area contributed by atoms with Crippen molar-refractivity contribution >= 4 is 5.91 Å². The molecule has 0 spiro atoms. The van der Waals surface area contributed by atoms with Gasteiger partial charge >= 0.3 is 0 Å². The van der Waals surface area contributed by atoms with Gasteiger partial charge in [-0.2, -0.15) is 0 Å². The molecule has 1 saturated carbocycles. The van der Waals surface area contributed by atoms with Crippen molar-refractivity contribution in [1.29, 1.82) is 0 Å². The maximum Gasteiger partial charge on any atom is 0.225 e. The van der Waals surface area contributed by atoms with Gasteiger partial charge in [-0.15, -0.1) is 0 Å². The van der Waals surface area contributed by atoms with Gasteiger partial charge in [0.25, 0.3) is 0 Å². The number of carbonyl (C=O) groups excluding carboxylic acids is 1. The molecule has 18 heavy (non-hydrogen) atoms. The third-order valence-corrected chi connectivity index (χ3v) is 4.78. The van der Waals surface area contributed by atoms with E-state index >= 15 is 0 Å². The van der Waals surface area contributed by atoms with E-state index in [2.05, 4.69) is 6.92 Å². The van der Waals surface area contributed by atoms with Crippen LogP contribution in [-0.2, 0) is 4.79 Å². The van der Waals surface area contributed by atoms with Crippen molar-refractivity contribution in [3.05, 3.63) is 0 Å². The Kier molecular flexibility index (Phi) is 5.04. The fourth-order valence-corrected chi connectivity index (χ4v) is 3.38. The van der Waals surface area contributed by atoms with Crippen molar-refractivity contribution in [2.45, 2.75) is 64.4 Å². The summed E-state index contributed by atoms with van der Waals surface area (Å²) in [4.78, 5) is 14.5. The third-order valence-electron chi connectivity index (χ3n) is 4.78. The lowest BCUT2D eigenvalue weighted by Crippen LogP contribution is -2.38. The lowest BCUT2D eigenvalue weighted by Gasteiger charge is -2.31. The summed E-state index contributed by atoms with van der Waals surface area (Å²) in [5.41, 5.74) is 0. The molecule has 0 bridgehead atoms. The van der Waals surface area contributed by atoms with E-state index in [-0.39, 0.29) is 12.0 Å². The zero-order chi connectivity index (χ0) is 13.0. The molecule has 1 atom stereocenters. The zero-order valence-electron chi connectivity index (χ0n) is 11.6. The van der Waals surface area contributed by atoms with Gasteiger partial charge in [-0.3, -0.25) is 4.79 Å². The highest BCUT2D eigenvalue weighted by Crippen LogP contribution is 2.32. The van der Waals surface area contributed by atoms with Crippen LogP contribution in [0.25, 0.3) is 0 Å². The van der Waals surface area contributed by atoms with E-state index in [0.29, 0.717) is 5.91 Å². The van der Waals surface area contributed by atoms with Crippen molar-refractivity contribution in [2.75, 3.05) is 13.1 Å². The minimum Gasteiger partial charge on any atom is -0.393 e. The molecule has 0 aromatic rings. The van der Waals surface area contributed by atoms with Crippen molar-refractivity contribution in [3.63, 3.8) is 0 Å². The SMILES string of the molecule is CCC1CCC(C(=O)N2CCCC(O)CC2)CC1. The first-order valence-electron chi connectivity index (χ1n) is 7.67. The van der Waals surface area contributed by atoms with Crippen molar-refractivity contribution in [3.8, 4) is 0 Å². The monoisotopic (exact) mass is 253 g/mol. The molecule has 2 rings (SSSR count). The molecule has 0 radical (unpaired) electrons. The Morgan fingerprint density at radius 1 is 1.11 bits per heavy atom. The lowest BCUT2D eigenvalue weighted by molar-refractivity contribution is -0.136. The van der Waals surface area contributed by atoms with Crippen LogP contribution in [0.15, 0.2) is 0 Å². The molecule has 104 valence electrons. The van der Waals surface area contributed by atoms with Crippen LogP contribution in [-0.4, -0.2) is 35.1 Å². The molecule has 3 nitrogen and oxygen atoms in total. The second-order valence-corrected chi connectivity index (χ2v) is 6.04. The summed E-state index contributed by atoms with van der Waals surface area (Å²) in [5, 5.41) is 9.63. The molecule has 1 saturated heterocycles. The standard InChI is InChI=1S/C15H27NO2/c1-2-12-5-7-13(8-6-12)15(18)16-10-3-4-14(17)9-11-16/h12-14,17H,2-11H2,1H3. The Morgan fingerprint density at radius 3 is 2.50 bits per heavy atom. The predicted molar refractivity (Wildman–Crippen MR) is 72.2 cm³/mol. The van der Waals surface area contributed by atoms with Crippen LogP contribution < -0.4 is 0 Å². The molecule has 2 aliphatic rings. The summed E-state index contributed by atoms with van der Waals surface area (Å²) in [5.74, 6) is 1.47. The van der Waals surface area contributed by atoms with Gasteiger partial charge in [-0.05, 0) is 50.9 Å². The topological polar surface area (TPSA) is 40.5 Å². The molecule has 1 heterocycles. The van der Waals surface area contributed by atoms with Crippen LogP contribution in [0.3, 0.4) is 0 Å². The highest BCUT2D eigenvalue weighted by atomic mass is 16.3. The first-order valence-corrected chi connectivity index (χ1v) is 7.67. The highest BCUT2D eigenvalue weighted by Gasteiger charge is 2.29. The van der Waals surface area contributed by atoms with Crippen LogP contribution in [0.4, 0.5) is 0 Å². The number of aliphatic hydroxyl groups is 1. The molecule has 2 fully saturated rings. The summed E-state index contributed by atoms with van der Waals surface area (Å²) in [6, 6.07) is 0. The molecular weight excluding hydrogens is 226 g/mol. The summed E-state index contributed by atoms with van der Waals surface area (Å²) in [7, 11) is 0. The van der Waals surface area contributed by atoms with E-state index in [1.54, 1.807) is 0 Å². The predicted octanol–water partition coefficient (Wildman–Crippen LogP) is 2.58. The summed E-state index contributed by atoms with van der Waals surface area (Å²) in [6.45, 7) is 3.86. The number of nitrogens with zero attached hydrogens (tertiary/aromatic N) is 1. The number of amides is 1. The van der Waals surface area contributed by atoms with Crippen molar-refractivity contribution < 1.29 is 9.90 Å². The normalized spacial score (nSPS) is 34.1. The van der Waals surface area contributed by atoms with Crippen molar-refractivity contribution in [2.24, 2.45) is 11.8 Å². The molecule has 1 amide bonds. The second-order valence-electron chi connectivity index (χ2n) is 6.04. The Morgan fingerprint density at radius 2 is 1.83 bits per heavy atom. The second kappa shape index (κ2) is 6.55. The van der Waals surface area contributed by atoms with Gasteiger partial charge in [0.05, 0.1) is 6.10 Å². The van der Waals surface area contributed by atoms with Gasteiger partial charge in [-0.1, -0.05) is 13.3 Å². The zero-order valence-corrected chi connectivity index (χ0v) is 11.6. The molecule has 1 unspecified atom stereocenters. The summed E-state index contributed by atoms with van der Waals surface area (Å²) in [6.07, 6.45) is 8.24. The Bertz CT molecular complexity index is 272. The number of likely N-dealkylation sites (tertiary alicyclic amines) is 1.